The Morgan fingerprint density at radius 1 is 0.886 bits per heavy atom. The van der Waals surface area contributed by atoms with Gasteiger partial charge in [0.05, 0.1) is 0 Å². The predicted octanol–water partition coefficient (Wildman–Crippen LogP) is 4.49. The van der Waals surface area contributed by atoms with Gasteiger partial charge in [0, 0.05) is 18.9 Å². The van der Waals surface area contributed by atoms with Crippen LogP contribution in [0.4, 0.5) is 4.79 Å². The van der Waals surface area contributed by atoms with Gasteiger partial charge in [-0.15, -0.1) is 0 Å². The molecule has 1 aliphatic rings. The molecule has 1 aliphatic carbocycles. The van der Waals surface area contributed by atoms with E-state index in [2.05, 4.69) is 22.8 Å². The molecule has 2 amide bonds. The lowest BCUT2D eigenvalue weighted by atomic mass is 9.98. The molecule has 0 saturated heterocycles. The van der Waals surface area contributed by atoms with E-state index in [1.165, 1.54) is 0 Å². The van der Waals surface area contributed by atoms with Crippen molar-refractivity contribution in [1.82, 2.24) is 10.6 Å². The summed E-state index contributed by atoms with van der Waals surface area (Å²) in [6.07, 6.45) is -0.759. The van der Waals surface area contributed by atoms with Crippen molar-refractivity contribution in [3.63, 3.8) is 0 Å². The molecule has 180 valence electrons. The molecular weight excluding hydrogens is 444 g/mol. The SMILES string of the molecule is CC(CNC(=O)[C@@H](NC(=O)OCC1c2ccccc2-c2ccccc21)c1ccccc1)CC(=O)O. The van der Waals surface area contributed by atoms with Crippen molar-refractivity contribution in [1.29, 1.82) is 0 Å². The average Bonchev–Trinajstić information content (AvgIpc) is 3.18. The molecule has 0 bridgehead atoms. The van der Waals surface area contributed by atoms with E-state index in [0.29, 0.717) is 5.56 Å². The number of hydrogen-bond donors (Lipinski definition) is 3. The fourth-order valence-electron chi connectivity index (χ4n) is 4.45. The van der Waals surface area contributed by atoms with Gasteiger partial charge in [-0.05, 0) is 33.7 Å². The van der Waals surface area contributed by atoms with Crippen molar-refractivity contribution >= 4 is 18.0 Å². The number of fused-ring (bicyclic) bond motifs is 3. The Labute approximate surface area is 204 Å². The number of amides is 2. The first-order valence-corrected chi connectivity index (χ1v) is 11.6. The van der Waals surface area contributed by atoms with E-state index in [9.17, 15) is 14.4 Å². The summed E-state index contributed by atoms with van der Waals surface area (Å²) in [5.74, 6) is -1.69. The maximum atomic E-state index is 12.9. The zero-order valence-electron chi connectivity index (χ0n) is 19.4. The second-order valence-corrected chi connectivity index (χ2v) is 8.76. The highest BCUT2D eigenvalue weighted by atomic mass is 16.5. The molecule has 3 aromatic rings. The highest BCUT2D eigenvalue weighted by molar-refractivity contribution is 5.87. The minimum Gasteiger partial charge on any atom is -0.481 e. The van der Waals surface area contributed by atoms with Gasteiger partial charge in [-0.1, -0.05) is 85.8 Å². The minimum atomic E-state index is -0.969. The van der Waals surface area contributed by atoms with E-state index in [0.717, 1.165) is 22.3 Å². The Morgan fingerprint density at radius 3 is 2.06 bits per heavy atom. The van der Waals surface area contributed by atoms with E-state index in [4.69, 9.17) is 9.84 Å². The van der Waals surface area contributed by atoms with Crippen molar-refractivity contribution in [3.8, 4) is 11.1 Å². The Balaban J connectivity index is 1.43. The lowest BCUT2D eigenvalue weighted by Crippen LogP contribution is -2.42. The molecule has 3 N–H and O–H groups in total. The Hall–Kier alpha value is -4.13. The lowest BCUT2D eigenvalue weighted by Gasteiger charge is -2.21. The maximum Gasteiger partial charge on any atom is 0.408 e. The summed E-state index contributed by atoms with van der Waals surface area (Å²) in [5, 5.41) is 14.4. The molecule has 0 aromatic heterocycles. The first-order valence-electron chi connectivity index (χ1n) is 11.6. The minimum absolute atomic E-state index is 0.0594. The van der Waals surface area contributed by atoms with Crippen molar-refractivity contribution < 1.29 is 24.2 Å². The number of nitrogens with one attached hydrogen (secondary N) is 2. The third-order valence-corrected chi connectivity index (χ3v) is 6.15. The molecule has 2 atom stereocenters. The zero-order valence-corrected chi connectivity index (χ0v) is 19.4. The number of carboxylic acids is 1. The molecule has 0 aliphatic heterocycles. The van der Waals surface area contributed by atoms with Crippen LogP contribution in [0, 0.1) is 5.92 Å². The summed E-state index contributed by atoms with van der Waals surface area (Å²) in [4.78, 5) is 36.6. The van der Waals surface area contributed by atoms with Crippen molar-refractivity contribution in [2.75, 3.05) is 13.2 Å². The number of rotatable bonds is 9. The second kappa shape index (κ2) is 10.9. The predicted molar refractivity (Wildman–Crippen MR) is 132 cm³/mol. The van der Waals surface area contributed by atoms with Gasteiger partial charge in [0.1, 0.15) is 12.6 Å². The molecule has 0 heterocycles. The summed E-state index contributed by atoms with van der Waals surface area (Å²) in [7, 11) is 0. The van der Waals surface area contributed by atoms with E-state index in [1.807, 2.05) is 42.5 Å². The Kier molecular flexibility index (Phi) is 7.45. The fourth-order valence-corrected chi connectivity index (χ4v) is 4.45. The van der Waals surface area contributed by atoms with Crippen LogP contribution in [-0.4, -0.2) is 36.2 Å². The first kappa shape index (κ1) is 24.0. The average molecular weight is 473 g/mol. The molecule has 7 nitrogen and oxygen atoms in total. The van der Waals surface area contributed by atoms with Crippen LogP contribution in [0.15, 0.2) is 78.9 Å². The normalized spacial score (nSPS) is 13.7. The van der Waals surface area contributed by atoms with Gasteiger partial charge in [0.25, 0.3) is 0 Å². The third-order valence-electron chi connectivity index (χ3n) is 6.15. The Morgan fingerprint density at radius 2 is 1.46 bits per heavy atom. The standard InChI is InChI=1S/C28H28N2O5/c1-18(15-25(31)32)16-29-27(33)26(19-9-3-2-4-10-19)30-28(34)35-17-24-22-13-7-5-11-20(22)21-12-6-8-14-23(21)24/h2-14,18,24,26H,15-17H2,1H3,(H,29,33)(H,30,34)(H,31,32)/t18?,26-/m0/s1. The van der Waals surface area contributed by atoms with Gasteiger partial charge in [-0.2, -0.15) is 0 Å². The number of alkyl carbamates (subject to hydrolysis) is 1. The molecule has 0 spiro atoms. The second-order valence-electron chi connectivity index (χ2n) is 8.76. The van der Waals surface area contributed by atoms with Crippen LogP contribution < -0.4 is 10.6 Å². The zero-order chi connectivity index (χ0) is 24.8. The number of ether oxygens (including phenoxy) is 1. The molecule has 1 unspecified atom stereocenters. The highest BCUT2D eigenvalue weighted by Crippen LogP contribution is 2.44. The number of carbonyl (C=O) groups is 3. The van der Waals surface area contributed by atoms with Crippen molar-refractivity contribution in [3.05, 3.63) is 95.6 Å². The molecule has 4 rings (SSSR count). The van der Waals surface area contributed by atoms with Gasteiger partial charge >= 0.3 is 12.1 Å². The van der Waals surface area contributed by atoms with Crippen LogP contribution in [0.25, 0.3) is 11.1 Å². The van der Waals surface area contributed by atoms with Crippen LogP contribution in [0.3, 0.4) is 0 Å². The van der Waals surface area contributed by atoms with Crippen LogP contribution in [0.2, 0.25) is 0 Å². The monoisotopic (exact) mass is 472 g/mol. The molecule has 0 radical (unpaired) electrons. The smallest absolute Gasteiger partial charge is 0.408 e. The summed E-state index contributed by atoms with van der Waals surface area (Å²) in [5.41, 5.74) is 5.07. The van der Waals surface area contributed by atoms with E-state index >= 15 is 0 Å². The van der Waals surface area contributed by atoms with E-state index in [-0.39, 0.29) is 31.4 Å². The molecular formula is C28H28N2O5. The largest absolute Gasteiger partial charge is 0.481 e. The van der Waals surface area contributed by atoms with E-state index < -0.39 is 24.0 Å². The molecule has 35 heavy (non-hydrogen) atoms. The summed E-state index contributed by atoms with van der Waals surface area (Å²) < 4.78 is 5.61. The summed E-state index contributed by atoms with van der Waals surface area (Å²) in [6.45, 7) is 2.06. The van der Waals surface area contributed by atoms with Crippen LogP contribution in [-0.2, 0) is 14.3 Å². The molecule has 0 fully saturated rings. The summed E-state index contributed by atoms with van der Waals surface area (Å²) in [6, 6.07) is 24.0. The lowest BCUT2D eigenvalue weighted by molar-refractivity contribution is -0.138. The maximum absolute atomic E-state index is 12.9. The molecule has 3 aromatic carbocycles. The third kappa shape index (κ3) is 5.69. The molecule has 0 saturated carbocycles. The number of hydrogen-bond acceptors (Lipinski definition) is 4. The number of benzene rings is 3. The van der Waals surface area contributed by atoms with Crippen molar-refractivity contribution in [2.24, 2.45) is 5.92 Å². The number of carbonyl (C=O) groups excluding carboxylic acids is 2. The quantitative estimate of drug-likeness (QED) is 0.426. The van der Waals surface area contributed by atoms with Crippen LogP contribution >= 0.6 is 0 Å². The van der Waals surface area contributed by atoms with Gasteiger partial charge in [0.15, 0.2) is 0 Å². The van der Waals surface area contributed by atoms with Gasteiger partial charge in [0.2, 0.25) is 5.91 Å². The molecule has 7 heteroatoms. The van der Waals surface area contributed by atoms with E-state index in [1.54, 1.807) is 31.2 Å². The van der Waals surface area contributed by atoms with Gasteiger partial charge in [-0.3, -0.25) is 9.59 Å². The number of carboxylic acid groups (broad SMARTS) is 1. The number of aliphatic carboxylic acids is 1. The fraction of sp³-hybridized carbons (Fsp3) is 0.250. The first-order chi connectivity index (χ1) is 16.9. The Bertz CT molecular complexity index is 1170. The highest BCUT2D eigenvalue weighted by Gasteiger charge is 2.30. The topological polar surface area (TPSA) is 105 Å². The van der Waals surface area contributed by atoms with Crippen LogP contribution in [0.5, 0.6) is 0 Å². The van der Waals surface area contributed by atoms with Crippen molar-refractivity contribution in [2.45, 2.75) is 25.3 Å². The van der Waals surface area contributed by atoms with Gasteiger partial charge in [-0.25, -0.2) is 4.79 Å². The summed E-state index contributed by atoms with van der Waals surface area (Å²) >= 11 is 0. The van der Waals surface area contributed by atoms with Gasteiger partial charge < -0.3 is 20.5 Å². The van der Waals surface area contributed by atoms with Crippen LogP contribution in [0.1, 0.15) is 42.0 Å².